The molecule has 3 amide bonds. The van der Waals surface area contributed by atoms with Crippen LogP contribution < -0.4 is 16.2 Å². The topological polar surface area (TPSA) is 87.3 Å². The van der Waals surface area contributed by atoms with E-state index in [1.54, 1.807) is 35.7 Å². The normalized spacial score (nSPS) is 9.76. The van der Waals surface area contributed by atoms with Crippen molar-refractivity contribution in [2.75, 3.05) is 5.32 Å². The van der Waals surface area contributed by atoms with Crippen LogP contribution in [-0.2, 0) is 4.79 Å². The van der Waals surface area contributed by atoms with E-state index in [1.165, 1.54) is 24.3 Å². The summed E-state index contributed by atoms with van der Waals surface area (Å²) >= 11 is 1.28. The van der Waals surface area contributed by atoms with Gasteiger partial charge in [0.05, 0.1) is 4.88 Å². The number of hydrazine groups is 1. The predicted octanol–water partition coefficient (Wildman–Crippen LogP) is 1.78. The van der Waals surface area contributed by atoms with Gasteiger partial charge in [0.1, 0.15) is 0 Å². The highest BCUT2D eigenvalue weighted by Crippen LogP contribution is 2.10. The molecule has 0 unspecified atom stereocenters. The zero-order valence-electron chi connectivity index (χ0n) is 11.2. The molecule has 1 aromatic carbocycles. The molecule has 0 bridgehead atoms. The first-order valence-corrected chi connectivity index (χ1v) is 6.96. The average Bonchev–Trinajstić information content (AvgIpc) is 2.98. The highest BCUT2D eigenvalue weighted by atomic mass is 32.1. The lowest BCUT2D eigenvalue weighted by Crippen LogP contribution is -2.41. The average molecular weight is 303 g/mol. The highest BCUT2D eigenvalue weighted by molar-refractivity contribution is 7.12. The van der Waals surface area contributed by atoms with E-state index >= 15 is 0 Å². The zero-order chi connectivity index (χ0) is 15.2. The van der Waals surface area contributed by atoms with Gasteiger partial charge in [-0.05, 0) is 29.6 Å². The quantitative estimate of drug-likeness (QED) is 0.755. The minimum Gasteiger partial charge on any atom is -0.326 e. The van der Waals surface area contributed by atoms with Gasteiger partial charge in [0, 0.05) is 18.2 Å². The summed E-state index contributed by atoms with van der Waals surface area (Å²) in [5.41, 5.74) is 5.49. The Labute approximate surface area is 125 Å². The third-order valence-electron chi connectivity index (χ3n) is 2.48. The number of nitrogens with one attached hydrogen (secondary N) is 3. The van der Waals surface area contributed by atoms with Crippen LogP contribution in [0.25, 0.3) is 0 Å². The van der Waals surface area contributed by atoms with Crippen LogP contribution in [0.15, 0.2) is 41.8 Å². The lowest BCUT2D eigenvalue weighted by atomic mass is 10.2. The van der Waals surface area contributed by atoms with Gasteiger partial charge in [-0.15, -0.1) is 11.3 Å². The van der Waals surface area contributed by atoms with Gasteiger partial charge >= 0.3 is 0 Å². The SMILES string of the molecule is CC(=O)Nc1cccc(C(=O)NNC(=O)c2cccs2)c1. The summed E-state index contributed by atoms with van der Waals surface area (Å²) in [6.07, 6.45) is 0. The van der Waals surface area contributed by atoms with Crippen LogP contribution in [0.2, 0.25) is 0 Å². The van der Waals surface area contributed by atoms with E-state index in [-0.39, 0.29) is 11.8 Å². The van der Waals surface area contributed by atoms with Gasteiger partial charge in [0.15, 0.2) is 0 Å². The molecule has 0 saturated carbocycles. The fourth-order valence-electron chi connectivity index (χ4n) is 1.60. The molecule has 2 rings (SSSR count). The molecule has 21 heavy (non-hydrogen) atoms. The zero-order valence-corrected chi connectivity index (χ0v) is 12.0. The largest absolute Gasteiger partial charge is 0.326 e. The summed E-state index contributed by atoms with van der Waals surface area (Å²) in [6.45, 7) is 1.38. The van der Waals surface area contributed by atoms with E-state index < -0.39 is 5.91 Å². The predicted molar refractivity (Wildman–Crippen MR) is 80.0 cm³/mol. The molecule has 1 heterocycles. The van der Waals surface area contributed by atoms with Crippen molar-refractivity contribution in [2.24, 2.45) is 0 Å². The number of anilines is 1. The summed E-state index contributed by atoms with van der Waals surface area (Å²) < 4.78 is 0. The fraction of sp³-hybridized carbons (Fsp3) is 0.0714. The third kappa shape index (κ3) is 4.15. The minimum absolute atomic E-state index is 0.224. The number of rotatable bonds is 3. The molecule has 0 fully saturated rings. The molecule has 0 aliphatic heterocycles. The lowest BCUT2D eigenvalue weighted by Gasteiger charge is -2.08. The molecular formula is C14H13N3O3S. The van der Waals surface area contributed by atoms with Crippen molar-refractivity contribution in [3.8, 4) is 0 Å². The van der Waals surface area contributed by atoms with Crippen molar-refractivity contribution in [3.05, 3.63) is 52.2 Å². The Bertz CT molecular complexity index is 668. The summed E-state index contributed by atoms with van der Waals surface area (Å²) in [6, 6.07) is 9.82. The smallest absolute Gasteiger partial charge is 0.279 e. The molecule has 0 atom stereocenters. The first-order chi connectivity index (χ1) is 10.1. The van der Waals surface area contributed by atoms with E-state index in [1.807, 2.05) is 0 Å². The second-order valence-corrected chi connectivity index (χ2v) is 5.10. The van der Waals surface area contributed by atoms with Crippen molar-refractivity contribution in [2.45, 2.75) is 6.92 Å². The van der Waals surface area contributed by atoms with Crippen molar-refractivity contribution >= 4 is 34.7 Å². The van der Waals surface area contributed by atoms with Gasteiger partial charge in [-0.1, -0.05) is 12.1 Å². The first kappa shape index (κ1) is 14.7. The lowest BCUT2D eigenvalue weighted by molar-refractivity contribution is -0.114. The number of hydrogen-bond acceptors (Lipinski definition) is 4. The molecule has 6 nitrogen and oxygen atoms in total. The second kappa shape index (κ2) is 6.67. The van der Waals surface area contributed by atoms with E-state index in [2.05, 4.69) is 16.2 Å². The third-order valence-corrected chi connectivity index (χ3v) is 3.35. The van der Waals surface area contributed by atoms with E-state index in [4.69, 9.17) is 0 Å². The maximum Gasteiger partial charge on any atom is 0.279 e. The maximum atomic E-state index is 11.9. The number of hydrogen-bond donors (Lipinski definition) is 3. The van der Waals surface area contributed by atoms with Crippen LogP contribution in [0.3, 0.4) is 0 Å². The molecule has 3 N–H and O–H groups in total. The van der Waals surface area contributed by atoms with Crippen LogP contribution >= 0.6 is 11.3 Å². The first-order valence-electron chi connectivity index (χ1n) is 6.08. The molecule has 2 aromatic rings. The van der Waals surface area contributed by atoms with E-state index in [9.17, 15) is 14.4 Å². The number of thiophene rings is 1. The maximum absolute atomic E-state index is 11.9. The van der Waals surface area contributed by atoms with Crippen molar-refractivity contribution in [1.82, 2.24) is 10.9 Å². The van der Waals surface area contributed by atoms with Gasteiger partial charge in [0.2, 0.25) is 5.91 Å². The van der Waals surface area contributed by atoms with Gasteiger partial charge in [-0.3, -0.25) is 25.2 Å². The molecule has 108 valence electrons. The number of amides is 3. The Morgan fingerprint density at radius 1 is 1.00 bits per heavy atom. The van der Waals surface area contributed by atoms with Crippen molar-refractivity contribution in [3.63, 3.8) is 0 Å². The van der Waals surface area contributed by atoms with E-state index in [0.717, 1.165) is 0 Å². The Balaban J connectivity index is 1.97. The van der Waals surface area contributed by atoms with Crippen LogP contribution in [0.5, 0.6) is 0 Å². The molecule has 0 spiro atoms. The minimum atomic E-state index is -0.466. The fourth-order valence-corrected chi connectivity index (χ4v) is 2.22. The van der Waals surface area contributed by atoms with Crippen LogP contribution in [0.4, 0.5) is 5.69 Å². The number of carbonyl (C=O) groups is 3. The number of benzene rings is 1. The van der Waals surface area contributed by atoms with Gasteiger partial charge < -0.3 is 5.32 Å². The summed E-state index contributed by atoms with van der Waals surface area (Å²) in [5.74, 6) is -1.07. The van der Waals surface area contributed by atoms with Crippen LogP contribution in [-0.4, -0.2) is 17.7 Å². The van der Waals surface area contributed by atoms with Gasteiger partial charge in [-0.25, -0.2) is 0 Å². The summed E-state index contributed by atoms with van der Waals surface area (Å²) in [7, 11) is 0. The molecule has 0 radical (unpaired) electrons. The molecule has 0 saturated heterocycles. The van der Waals surface area contributed by atoms with Gasteiger partial charge in [0.25, 0.3) is 11.8 Å². The van der Waals surface area contributed by atoms with Crippen LogP contribution in [0, 0.1) is 0 Å². The van der Waals surface area contributed by atoms with Gasteiger partial charge in [-0.2, -0.15) is 0 Å². The molecule has 0 aliphatic carbocycles. The Morgan fingerprint density at radius 3 is 2.43 bits per heavy atom. The van der Waals surface area contributed by atoms with E-state index in [0.29, 0.717) is 16.1 Å². The summed E-state index contributed by atoms with van der Waals surface area (Å²) in [4.78, 5) is 35.1. The monoisotopic (exact) mass is 303 g/mol. The Hall–Kier alpha value is -2.67. The molecule has 1 aromatic heterocycles. The molecular weight excluding hydrogens is 290 g/mol. The van der Waals surface area contributed by atoms with Crippen molar-refractivity contribution < 1.29 is 14.4 Å². The summed E-state index contributed by atoms with van der Waals surface area (Å²) in [5, 5.41) is 4.35. The standard InChI is InChI=1S/C14H13N3O3S/c1-9(18)15-11-5-2-4-10(8-11)13(19)16-17-14(20)12-6-3-7-21-12/h2-8H,1H3,(H,15,18)(H,16,19)(H,17,20). The number of carbonyl (C=O) groups excluding carboxylic acids is 3. The Kier molecular flexibility index (Phi) is 4.68. The Morgan fingerprint density at radius 2 is 1.76 bits per heavy atom. The molecule has 0 aliphatic rings. The highest BCUT2D eigenvalue weighted by Gasteiger charge is 2.10. The second-order valence-electron chi connectivity index (χ2n) is 4.15. The molecule has 7 heteroatoms. The van der Waals surface area contributed by atoms with Crippen LogP contribution in [0.1, 0.15) is 27.0 Å². The van der Waals surface area contributed by atoms with Crippen molar-refractivity contribution in [1.29, 1.82) is 0 Å².